The number of halogens is 2. The van der Waals surface area contributed by atoms with Gasteiger partial charge in [-0.25, -0.2) is 0 Å². The Morgan fingerprint density at radius 2 is 1.44 bits per heavy atom. The van der Waals surface area contributed by atoms with Crippen LogP contribution in [-0.2, 0) is 39.0 Å². The molecule has 3 aromatic rings. The maximum atomic E-state index is 8.16. The summed E-state index contributed by atoms with van der Waals surface area (Å²) in [5.41, 5.74) is 5.67. The predicted octanol–water partition coefficient (Wildman–Crippen LogP) is 1.93. The van der Waals surface area contributed by atoms with Gasteiger partial charge >= 0.3 is 26.2 Å². The van der Waals surface area contributed by atoms with Crippen molar-refractivity contribution in [3.05, 3.63) is 65.7 Å². The summed E-state index contributed by atoms with van der Waals surface area (Å²) in [5, 5.41) is 2.80. The summed E-state index contributed by atoms with van der Waals surface area (Å²) < 4.78 is 0. The van der Waals surface area contributed by atoms with Crippen LogP contribution in [0.5, 0.6) is 0 Å². The van der Waals surface area contributed by atoms with E-state index in [1.54, 1.807) is 0 Å². The van der Waals surface area contributed by atoms with E-state index in [9.17, 15) is 0 Å². The van der Waals surface area contributed by atoms with Crippen LogP contribution >= 0.6 is 0 Å². The molecule has 3 aromatic carbocycles. The number of aryl methyl sites for hydroxylation is 2. The Labute approximate surface area is 229 Å². The largest absolute Gasteiger partial charge is 3.00 e. The van der Waals surface area contributed by atoms with Gasteiger partial charge in [0, 0.05) is 0 Å². The Bertz CT molecular complexity index is 844. The monoisotopic (exact) mass is 566 g/mol. The molecule has 32 heavy (non-hydrogen) atoms. The Kier molecular flexibility index (Phi) is 20.2. The molecule has 0 saturated carbocycles. The fraction of sp³-hybridized carbons (Fsp3) is 0.444. The number of rotatable bonds is 9. The Balaban J connectivity index is 0. The maximum absolute atomic E-state index is 8.16. The first-order valence-corrected chi connectivity index (χ1v) is 13.8. The molecule has 1 N–H and O–H groups in total. The van der Waals surface area contributed by atoms with E-state index in [0.717, 1.165) is 0 Å². The molecule has 0 unspecified atom stereocenters. The smallest absolute Gasteiger partial charge is 1.00 e. The van der Waals surface area contributed by atoms with Crippen LogP contribution in [0.4, 0.5) is 0 Å². The van der Waals surface area contributed by atoms with E-state index in [1.165, 1.54) is 84.4 Å². The molecule has 0 aromatic heterocycles. The number of hydrogen-bond acceptors (Lipinski definition) is 1. The summed E-state index contributed by atoms with van der Waals surface area (Å²) in [6, 6.07) is 20.7. The van der Waals surface area contributed by atoms with Gasteiger partial charge in [-0.15, -0.1) is 34.5 Å². The average molecular weight is 569 g/mol. The van der Waals surface area contributed by atoms with Crippen molar-refractivity contribution in [2.24, 2.45) is 0 Å². The van der Waals surface area contributed by atoms with Gasteiger partial charge in [0.05, 0.1) is 0 Å². The van der Waals surface area contributed by atoms with Gasteiger partial charge in [0.25, 0.3) is 0 Å². The molecule has 0 saturated heterocycles. The van der Waals surface area contributed by atoms with Gasteiger partial charge in [0.15, 0.2) is 9.04 Å². The van der Waals surface area contributed by atoms with Crippen LogP contribution in [0, 0.1) is 0 Å². The van der Waals surface area contributed by atoms with Crippen LogP contribution < -0.4 is 24.8 Å². The van der Waals surface area contributed by atoms with Crippen LogP contribution in [0.1, 0.15) is 63.5 Å². The van der Waals surface area contributed by atoms with Crippen molar-refractivity contribution in [1.82, 2.24) is 0 Å². The van der Waals surface area contributed by atoms with Gasteiger partial charge in [0.1, 0.15) is 0 Å². The zero-order valence-corrected chi connectivity index (χ0v) is 25.0. The predicted molar refractivity (Wildman–Crippen MR) is 131 cm³/mol. The molecule has 0 amide bonds. The van der Waals surface area contributed by atoms with E-state index in [-0.39, 0.29) is 51.0 Å². The molecule has 174 valence electrons. The standard InChI is InChI=1S/C25H31.C2H7OSi.2ClH.Zr/c1-3-5-7-8-11-21-18-23-12-9-13-24(25(23)19-21)22-16-14-20(15-17-22)10-6-4-2;1-4(2)3;;;/h9,12-19H,3-8,10-11H2,1-2H3;3H,1-2H3;2*1H;/q-1;;;;+3/p-2. The summed E-state index contributed by atoms with van der Waals surface area (Å²) in [7, 11) is -0.880. The molecule has 1 nitrogen and oxygen atoms in total. The molecule has 0 fully saturated rings. The molecule has 0 aliphatic heterocycles. The molecule has 0 spiro atoms. The summed E-state index contributed by atoms with van der Waals surface area (Å²) in [5.74, 6) is 0. The van der Waals surface area contributed by atoms with Crippen molar-refractivity contribution < 1.29 is 55.8 Å². The maximum Gasteiger partial charge on any atom is 3.00 e. The van der Waals surface area contributed by atoms with Crippen LogP contribution in [0.25, 0.3) is 21.9 Å². The van der Waals surface area contributed by atoms with Crippen molar-refractivity contribution in [3.8, 4) is 11.1 Å². The summed E-state index contributed by atoms with van der Waals surface area (Å²) in [6.45, 7) is 8.18. The zero-order valence-electron chi connectivity index (χ0n) is 20.1. The molecule has 5 heteroatoms. The van der Waals surface area contributed by atoms with Crippen LogP contribution in [-0.4, -0.2) is 13.8 Å². The van der Waals surface area contributed by atoms with Crippen LogP contribution in [0.15, 0.2) is 54.6 Å². The number of unbranched alkanes of at least 4 members (excludes halogenated alkanes) is 4. The zero-order chi connectivity index (χ0) is 21.1. The minimum atomic E-state index is -0.880. The SMILES string of the molecule is CCCCCCc1cc2c(-c3ccc(CCCC)cc3)cccc2[cH-]1.C[Si](C)O.[Cl-].[Cl-].[Zr+3]. The van der Waals surface area contributed by atoms with E-state index in [1.807, 2.05) is 13.1 Å². The van der Waals surface area contributed by atoms with Crippen LogP contribution in [0.3, 0.4) is 0 Å². The summed E-state index contributed by atoms with van der Waals surface area (Å²) >= 11 is 0. The van der Waals surface area contributed by atoms with Crippen molar-refractivity contribution in [2.75, 3.05) is 0 Å². The molecular formula is C27H38Cl2OSiZr. The third kappa shape index (κ3) is 11.7. The van der Waals surface area contributed by atoms with E-state index >= 15 is 0 Å². The van der Waals surface area contributed by atoms with E-state index in [2.05, 4.69) is 68.4 Å². The number of fused-ring (bicyclic) bond motifs is 1. The van der Waals surface area contributed by atoms with Gasteiger partial charge in [-0.3, -0.25) is 0 Å². The van der Waals surface area contributed by atoms with Gasteiger partial charge < -0.3 is 29.6 Å². The second-order valence-electron chi connectivity index (χ2n) is 8.23. The van der Waals surface area contributed by atoms with Crippen molar-refractivity contribution >= 4 is 19.8 Å². The molecular weight excluding hydrogens is 531 g/mol. The Hall–Kier alpha value is -0.310. The average Bonchev–Trinajstić information content (AvgIpc) is 3.13. The fourth-order valence-electron chi connectivity index (χ4n) is 3.68. The van der Waals surface area contributed by atoms with Crippen molar-refractivity contribution in [3.63, 3.8) is 0 Å². The van der Waals surface area contributed by atoms with Crippen molar-refractivity contribution in [1.29, 1.82) is 0 Å². The van der Waals surface area contributed by atoms with E-state index < -0.39 is 9.04 Å². The Morgan fingerprint density at radius 3 is 2.03 bits per heavy atom. The minimum Gasteiger partial charge on any atom is -1.00 e. The molecule has 3 rings (SSSR count). The molecule has 0 aliphatic carbocycles. The van der Waals surface area contributed by atoms with E-state index in [0.29, 0.717) is 0 Å². The molecule has 0 atom stereocenters. The van der Waals surface area contributed by atoms with Gasteiger partial charge in [-0.1, -0.05) is 81.8 Å². The third-order valence-corrected chi connectivity index (χ3v) is 5.21. The summed E-state index contributed by atoms with van der Waals surface area (Å²) in [6.07, 6.45) is 10.3. The second kappa shape index (κ2) is 19.0. The summed E-state index contributed by atoms with van der Waals surface area (Å²) in [4.78, 5) is 8.16. The van der Waals surface area contributed by atoms with Gasteiger partial charge in [0.2, 0.25) is 0 Å². The topological polar surface area (TPSA) is 20.2 Å². The number of hydrogen-bond donors (Lipinski definition) is 1. The first-order chi connectivity index (χ1) is 14.0. The van der Waals surface area contributed by atoms with E-state index in [4.69, 9.17) is 4.80 Å². The van der Waals surface area contributed by atoms with Gasteiger partial charge in [-0.2, -0.15) is 6.07 Å². The first kappa shape index (κ1) is 33.9. The van der Waals surface area contributed by atoms with Crippen molar-refractivity contribution in [2.45, 2.75) is 78.3 Å². The molecule has 0 heterocycles. The quantitative estimate of drug-likeness (QED) is 0.238. The first-order valence-electron chi connectivity index (χ1n) is 11.3. The molecule has 0 aliphatic rings. The molecule has 0 bridgehead atoms. The van der Waals surface area contributed by atoms with Gasteiger partial charge in [-0.05, 0) is 43.5 Å². The third-order valence-electron chi connectivity index (χ3n) is 5.21. The minimum absolute atomic E-state index is 0. The number of benzene rings is 2. The second-order valence-corrected chi connectivity index (χ2v) is 10.1. The normalized spacial score (nSPS) is 9.94. The van der Waals surface area contributed by atoms with Crippen LogP contribution in [0.2, 0.25) is 13.1 Å². The fourth-order valence-corrected chi connectivity index (χ4v) is 3.68. The molecule has 2 radical (unpaired) electrons. The Morgan fingerprint density at radius 1 is 0.812 bits per heavy atom.